The van der Waals surface area contributed by atoms with Crippen molar-refractivity contribution in [2.24, 2.45) is 0 Å². The van der Waals surface area contributed by atoms with E-state index in [-0.39, 0.29) is 5.91 Å². The van der Waals surface area contributed by atoms with Crippen LogP contribution in [0.25, 0.3) is 0 Å². The molecule has 68 valence electrons. The minimum atomic E-state index is 0.199. The Bertz CT molecular complexity index is 362. The molecule has 1 fully saturated rings. The van der Waals surface area contributed by atoms with Crippen LogP contribution in [0.5, 0.6) is 0 Å². The van der Waals surface area contributed by atoms with Crippen molar-refractivity contribution in [3.05, 3.63) is 28.8 Å². The molecule has 2 nitrogen and oxygen atoms in total. The smallest absolute Gasteiger partial charge is 0.228 e. The summed E-state index contributed by atoms with van der Waals surface area (Å²) in [5.74, 6) is 0.199. The van der Waals surface area contributed by atoms with E-state index >= 15 is 0 Å². The van der Waals surface area contributed by atoms with Crippen LogP contribution in [-0.2, 0) is 4.79 Å². The number of carbonyl (C=O) groups is 1. The predicted molar refractivity (Wildman–Crippen MR) is 53.2 cm³/mol. The number of halogens is 1. The first-order chi connectivity index (χ1) is 6.18. The first-order valence-electron chi connectivity index (χ1n) is 4.25. The molecule has 0 bridgehead atoms. The average molecular weight is 196 g/mol. The Labute approximate surface area is 82.1 Å². The van der Waals surface area contributed by atoms with Crippen molar-refractivity contribution >= 4 is 23.2 Å². The summed E-state index contributed by atoms with van der Waals surface area (Å²) in [5, 5.41) is 0.717. The fourth-order valence-corrected chi connectivity index (χ4v) is 1.72. The molecule has 0 aromatic heterocycles. The highest BCUT2D eigenvalue weighted by Gasteiger charge is 2.25. The van der Waals surface area contributed by atoms with Gasteiger partial charge in [-0.25, -0.2) is 0 Å². The Morgan fingerprint density at radius 3 is 2.69 bits per heavy atom. The number of carbonyl (C=O) groups excluding carboxylic acids is 1. The fraction of sp³-hybridized carbons (Fsp3) is 0.300. The molecule has 1 aliphatic heterocycles. The van der Waals surface area contributed by atoms with Crippen molar-refractivity contribution in [1.82, 2.24) is 0 Å². The van der Waals surface area contributed by atoms with Crippen LogP contribution in [0.1, 0.15) is 12.0 Å². The zero-order valence-corrected chi connectivity index (χ0v) is 8.14. The largest absolute Gasteiger partial charge is 0.312 e. The van der Waals surface area contributed by atoms with Crippen LogP contribution in [0, 0.1) is 6.92 Å². The lowest BCUT2D eigenvalue weighted by molar-refractivity contribution is -0.122. The molecule has 1 aromatic carbocycles. The van der Waals surface area contributed by atoms with Gasteiger partial charge in [-0.2, -0.15) is 0 Å². The Balaban J connectivity index is 2.35. The maximum atomic E-state index is 11.2. The molecule has 0 N–H and O–H groups in total. The average Bonchev–Trinajstić information content (AvgIpc) is 2.07. The number of aryl methyl sites for hydroxylation is 1. The van der Waals surface area contributed by atoms with Crippen LogP contribution in [-0.4, -0.2) is 12.5 Å². The van der Waals surface area contributed by atoms with Crippen LogP contribution < -0.4 is 4.90 Å². The second kappa shape index (κ2) is 3.04. The number of hydrogen-bond donors (Lipinski definition) is 0. The van der Waals surface area contributed by atoms with Gasteiger partial charge in [0.25, 0.3) is 0 Å². The third kappa shape index (κ3) is 1.42. The van der Waals surface area contributed by atoms with E-state index < -0.39 is 0 Å². The number of anilines is 1. The minimum absolute atomic E-state index is 0.199. The lowest BCUT2D eigenvalue weighted by atomic mass is 10.1. The van der Waals surface area contributed by atoms with Gasteiger partial charge in [0.05, 0.1) is 0 Å². The van der Waals surface area contributed by atoms with E-state index in [9.17, 15) is 4.79 Å². The second-order valence-corrected chi connectivity index (χ2v) is 3.66. The highest BCUT2D eigenvalue weighted by Crippen LogP contribution is 2.27. The van der Waals surface area contributed by atoms with Crippen molar-refractivity contribution in [3.63, 3.8) is 0 Å². The normalized spacial score (nSPS) is 15.8. The standard InChI is InChI=1S/C10H10ClNO/c1-7-6-8(11)2-3-9(7)12-5-4-10(12)13/h2-3,6H,4-5H2,1H3. The third-order valence-corrected chi connectivity index (χ3v) is 2.54. The van der Waals surface area contributed by atoms with Gasteiger partial charge >= 0.3 is 0 Å². The van der Waals surface area contributed by atoms with Gasteiger partial charge < -0.3 is 4.90 Å². The summed E-state index contributed by atoms with van der Waals surface area (Å²) in [6.07, 6.45) is 0.669. The Hall–Kier alpha value is -1.02. The van der Waals surface area contributed by atoms with Gasteiger partial charge in [-0.1, -0.05) is 11.6 Å². The molecule has 0 radical (unpaired) electrons. The fourth-order valence-electron chi connectivity index (χ4n) is 1.49. The summed E-state index contributed by atoms with van der Waals surface area (Å²) in [6.45, 7) is 2.80. The number of benzene rings is 1. The summed E-state index contributed by atoms with van der Waals surface area (Å²) in [6, 6.07) is 5.59. The van der Waals surface area contributed by atoms with Gasteiger partial charge in [0.15, 0.2) is 0 Å². The number of rotatable bonds is 1. The van der Waals surface area contributed by atoms with E-state index in [1.807, 2.05) is 25.1 Å². The maximum Gasteiger partial charge on any atom is 0.228 e. The van der Waals surface area contributed by atoms with Crippen LogP contribution in [0.4, 0.5) is 5.69 Å². The Morgan fingerprint density at radius 2 is 2.23 bits per heavy atom. The highest BCUT2D eigenvalue weighted by atomic mass is 35.5. The molecule has 1 aromatic rings. The summed E-state index contributed by atoms with van der Waals surface area (Å²) in [7, 11) is 0. The van der Waals surface area contributed by atoms with Crippen molar-refractivity contribution < 1.29 is 4.79 Å². The lowest BCUT2D eigenvalue weighted by Gasteiger charge is -2.31. The van der Waals surface area contributed by atoms with Crippen molar-refractivity contribution in [2.45, 2.75) is 13.3 Å². The number of hydrogen-bond acceptors (Lipinski definition) is 1. The minimum Gasteiger partial charge on any atom is -0.312 e. The molecule has 0 saturated carbocycles. The number of amides is 1. The lowest BCUT2D eigenvalue weighted by Crippen LogP contribution is -2.43. The van der Waals surface area contributed by atoms with Gasteiger partial charge in [-0.15, -0.1) is 0 Å². The maximum absolute atomic E-state index is 11.2. The van der Waals surface area contributed by atoms with Crippen LogP contribution in [0.15, 0.2) is 18.2 Å². The summed E-state index contributed by atoms with van der Waals surface area (Å²) in [5.41, 5.74) is 2.04. The predicted octanol–water partition coefficient (Wildman–Crippen LogP) is 2.39. The van der Waals surface area contributed by atoms with Crippen LogP contribution in [0.2, 0.25) is 5.02 Å². The number of nitrogens with zero attached hydrogens (tertiary/aromatic N) is 1. The highest BCUT2D eigenvalue weighted by molar-refractivity contribution is 6.30. The van der Waals surface area contributed by atoms with E-state index in [1.54, 1.807) is 4.90 Å². The second-order valence-electron chi connectivity index (χ2n) is 3.23. The molecule has 1 amide bonds. The molecule has 1 aliphatic rings. The first kappa shape index (κ1) is 8.57. The Kier molecular flexibility index (Phi) is 2.00. The van der Waals surface area contributed by atoms with Crippen LogP contribution >= 0.6 is 11.6 Å². The van der Waals surface area contributed by atoms with Crippen molar-refractivity contribution in [3.8, 4) is 0 Å². The topological polar surface area (TPSA) is 20.3 Å². The molecule has 3 heteroatoms. The van der Waals surface area contributed by atoms with Gasteiger partial charge in [0.1, 0.15) is 0 Å². The third-order valence-electron chi connectivity index (χ3n) is 2.30. The van der Waals surface area contributed by atoms with Gasteiger partial charge in [0.2, 0.25) is 5.91 Å². The van der Waals surface area contributed by atoms with Gasteiger partial charge in [-0.3, -0.25) is 4.79 Å². The van der Waals surface area contributed by atoms with Gasteiger partial charge in [-0.05, 0) is 30.7 Å². The summed E-state index contributed by atoms with van der Waals surface area (Å²) >= 11 is 5.82. The molecule has 1 saturated heterocycles. The quantitative estimate of drug-likeness (QED) is 0.631. The van der Waals surface area contributed by atoms with E-state index in [0.717, 1.165) is 17.8 Å². The molecule has 2 rings (SSSR count). The molecule has 0 unspecified atom stereocenters. The van der Waals surface area contributed by atoms with Crippen LogP contribution in [0.3, 0.4) is 0 Å². The van der Waals surface area contributed by atoms with E-state index in [1.165, 1.54) is 0 Å². The van der Waals surface area contributed by atoms with Gasteiger partial charge in [0, 0.05) is 23.7 Å². The summed E-state index contributed by atoms with van der Waals surface area (Å²) in [4.78, 5) is 12.9. The van der Waals surface area contributed by atoms with Crippen molar-refractivity contribution in [1.29, 1.82) is 0 Å². The summed E-state index contributed by atoms with van der Waals surface area (Å²) < 4.78 is 0. The van der Waals surface area contributed by atoms with E-state index in [2.05, 4.69) is 0 Å². The molecule has 1 heterocycles. The molecular formula is C10H10ClNO. The first-order valence-corrected chi connectivity index (χ1v) is 4.63. The molecule has 0 spiro atoms. The molecular weight excluding hydrogens is 186 g/mol. The monoisotopic (exact) mass is 195 g/mol. The van der Waals surface area contributed by atoms with Crippen molar-refractivity contribution in [2.75, 3.05) is 11.4 Å². The molecule has 0 aliphatic carbocycles. The Morgan fingerprint density at radius 1 is 1.46 bits per heavy atom. The zero-order chi connectivity index (χ0) is 9.42. The van der Waals surface area contributed by atoms with E-state index in [4.69, 9.17) is 11.6 Å². The van der Waals surface area contributed by atoms with E-state index in [0.29, 0.717) is 11.4 Å². The SMILES string of the molecule is Cc1cc(Cl)ccc1N1CCC1=O. The molecule has 0 atom stereocenters. The zero-order valence-electron chi connectivity index (χ0n) is 7.38. The number of β-lactam (4-membered cyclic amide) rings is 1. The molecule has 13 heavy (non-hydrogen) atoms.